The van der Waals surface area contributed by atoms with Gasteiger partial charge in [-0.3, -0.25) is 0 Å². The first-order valence-corrected chi connectivity index (χ1v) is 12.4. The van der Waals surface area contributed by atoms with Crippen LogP contribution < -0.4 is 5.46 Å². The normalized spacial score (nSPS) is 24.3. The lowest BCUT2D eigenvalue weighted by molar-refractivity contribution is 0.00578. The number of sulfone groups is 1. The van der Waals surface area contributed by atoms with Crippen LogP contribution in [0.25, 0.3) is 0 Å². The number of aromatic nitrogens is 2. The van der Waals surface area contributed by atoms with Crippen LogP contribution in [-0.4, -0.2) is 78.7 Å². The van der Waals surface area contributed by atoms with E-state index < -0.39 is 28.2 Å². The monoisotopic (exact) mass is 439 g/mol. The van der Waals surface area contributed by atoms with E-state index in [0.29, 0.717) is 24.3 Å². The summed E-state index contributed by atoms with van der Waals surface area (Å²) in [6.07, 6.45) is 6.61. The largest absolute Gasteiger partial charge is 0.498 e. The molecule has 3 rings (SSSR count). The fraction of sp³-hybridized carbons (Fsp3) is 0.800. The molecule has 2 fully saturated rings. The first-order valence-electron chi connectivity index (χ1n) is 10.8. The van der Waals surface area contributed by atoms with Crippen LogP contribution in [-0.2, 0) is 19.1 Å². The van der Waals surface area contributed by atoms with Gasteiger partial charge in [0, 0.05) is 30.9 Å². The second kappa shape index (κ2) is 9.20. The number of hydrogen-bond acceptors (Lipinski definition) is 8. The molecule has 2 saturated heterocycles. The van der Waals surface area contributed by atoms with Gasteiger partial charge in [0.15, 0.2) is 0 Å². The second-order valence-electron chi connectivity index (χ2n) is 9.38. The van der Waals surface area contributed by atoms with Crippen molar-refractivity contribution in [1.82, 2.24) is 14.9 Å². The SMILES string of the molecule is CC1(C)OB(c2cnc(S(=O)(=O)CCC[C@@H]3CCCN(CCO)C3)nc2)OC1(C)C. The maximum atomic E-state index is 12.6. The molecule has 3 heterocycles. The van der Waals surface area contributed by atoms with Gasteiger partial charge in [0.25, 0.3) is 0 Å². The maximum Gasteiger partial charge on any atom is 0.498 e. The Kier molecular flexibility index (Phi) is 7.24. The summed E-state index contributed by atoms with van der Waals surface area (Å²) in [7, 11) is -4.14. The third kappa shape index (κ3) is 5.40. The summed E-state index contributed by atoms with van der Waals surface area (Å²) >= 11 is 0. The Labute approximate surface area is 180 Å². The summed E-state index contributed by atoms with van der Waals surface area (Å²) < 4.78 is 37.2. The van der Waals surface area contributed by atoms with Gasteiger partial charge in [0.05, 0.1) is 23.6 Å². The molecule has 10 heteroatoms. The number of aliphatic hydroxyl groups excluding tert-OH is 1. The predicted octanol–water partition coefficient (Wildman–Crippen LogP) is 1.03. The fourth-order valence-electron chi connectivity index (χ4n) is 3.97. The molecule has 30 heavy (non-hydrogen) atoms. The van der Waals surface area contributed by atoms with Crippen molar-refractivity contribution in [2.24, 2.45) is 5.92 Å². The molecule has 2 aliphatic heterocycles. The van der Waals surface area contributed by atoms with Crippen molar-refractivity contribution < 1.29 is 22.8 Å². The molecule has 0 spiro atoms. The third-order valence-electron chi connectivity index (χ3n) is 6.50. The molecule has 0 unspecified atom stereocenters. The van der Waals surface area contributed by atoms with Crippen LogP contribution in [0.4, 0.5) is 0 Å². The smallest absolute Gasteiger partial charge is 0.399 e. The molecule has 1 aromatic rings. The van der Waals surface area contributed by atoms with E-state index in [1.165, 1.54) is 12.4 Å². The lowest BCUT2D eigenvalue weighted by Crippen LogP contribution is -2.41. The van der Waals surface area contributed by atoms with Gasteiger partial charge >= 0.3 is 7.12 Å². The van der Waals surface area contributed by atoms with E-state index in [9.17, 15) is 8.42 Å². The summed E-state index contributed by atoms with van der Waals surface area (Å²) in [5, 5.41) is 8.96. The van der Waals surface area contributed by atoms with Crippen LogP contribution in [0, 0.1) is 5.92 Å². The summed E-state index contributed by atoms with van der Waals surface area (Å²) in [6, 6.07) is 0. The zero-order valence-electron chi connectivity index (χ0n) is 18.5. The third-order valence-corrected chi connectivity index (χ3v) is 8.09. The molecule has 1 N–H and O–H groups in total. The summed E-state index contributed by atoms with van der Waals surface area (Å²) in [6.45, 7) is 10.6. The van der Waals surface area contributed by atoms with Gasteiger partial charge in [0.1, 0.15) is 0 Å². The van der Waals surface area contributed by atoms with Gasteiger partial charge in [0.2, 0.25) is 15.0 Å². The van der Waals surface area contributed by atoms with Crippen molar-refractivity contribution in [1.29, 1.82) is 0 Å². The van der Waals surface area contributed by atoms with Crippen molar-refractivity contribution in [2.75, 3.05) is 32.0 Å². The molecule has 2 aliphatic rings. The standard InChI is InChI=1S/C20H34BN3O5S/c1-19(2)20(3,4)29-21(28-19)17-13-22-18(23-14-17)30(26,27)12-6-8-16-7-5-9-24(15-16)10-11-25/h13-14,16,25H,5-12,15H2,1-4H3/t16-/m0/s1. The molecule has 0 amide bonds. The summed E-state index contributed by atoms with van der Waals surface area (Å²) in [5.41, 5.74) is -0.346. The Hall–Kier alpha value is -1.07. The van der Waals surface area contributed by atoms with Crippen molar-refractivity contribution in [2.45, 2.75) is 69.7 Å². The zero-order valence-corrected chi connectivity index (χ0v) is 19.3. The first kappa shape index (κ1) is 23.6. The Balaban J connectivity index is 1.54. The number of likely N-dealkylation sites (tertiary alicyclic amines) is 1. The lowest BCUT2D eigenvalue weighted by Gasteiger charge is -2.32. The van der Waals surface area contributed by atoms with Crippen LogP contribution >= 0.6 is 0 Å². The van der Waals surface area contributed by atoms with Crippen LogP contribution in [0.1, 0.15) is 53.4 Å². The quantitative estimate of drug-likeness (QED) is 0.474. The summed E-state index contributed by atoms with van der Waals surface area (Å²) in [4.78, 5) is 10.4. The van der Waals surface area contributed by atoms with E-state index in [1.54, 1.807) is 0 Å². The average Bonchev–Trinajstić information content (AvgIpc) is 2.90. The van der Waals surface area contributed by atoms with Gasteiger partial charge in [-0.05, 0) is 65.8 Å². The molecule has 0 aromatic carbocycles. The number of nitrogens with zero attached hydrogens (tertiary/aromatic N) is 3. The Morgan fingerprint density at radius 1 is 1.20 bits per heavy atom. The minimum Gasteiger partial charge on any atom is -0.399 e. The van der Waals surface area contributed by atoms with E-state index in [0.717, 1.165) is 32.4 Å². The molecular weight excluding hydrogens is 405 g/mol. The van der Waals surface area contributed by atoms with Gasteiger partial charge in [-0.2, -0.15) is 0 Å². The van der Waals surface area contributed by atoms with E-state index in [2.05, 4.69) is 14.9 Å². The van der Waals surface area contributed by atoms with E-state index in [1.807, 2.05) is 27.7 Å². The molecule has 168 valence electrons. The molecule has 0 radical (unpaired) electrons. The van der Waals surface area contributed by atoms with Crippen LogP contribution in [0.5, 0.6) is 0 Å². The van der Waals surface area contributed by atoms with Crippen LogP contribution in [0.3, 0.4) is 0 Å². The lowest BCUT2D eigenvalue weighted by atomic mass is 9.81. The molecular formula is C20H34BN3O5S. The van der Waals surface area contributed by atoms with Gasteiger partial charge in [-0.15, -0.1) is 0 Å². The first-order chi connectivity index (χ1) is 14.0. The Morgan fingerprint density at radius 3 is 2.43 bits per heavy atom. The maximum absolute atomic E-state index is 12.6. The number of β-amino-alcohol motifs (C(OH)–C–C–N with tert-alkyl or cyclic N) is 1. The highest BCUT2D eigenvalue weighted by Crippen LogP contribution is 2.36. The highest BCUT2D eigenvalue weighted by atomic mass is 32.2. The molecule has 0 saturated carbocycles. The van der Waals surface area contributed by atoms with E-state index in [-0.39, 0.29) is 17.5 Å². The molecule has 1 aromatic heterocycles. The van der Waals surface area contributed by atoms with Gasteiger partial charge < -0.3 is 19.3 Å². The molecule has 0 aliphatic carbocycles. The van der Waals surface area contributed by atoms with Crippen LogP contribution in [0.2, 0.25) is 0 Å². The van der Waals surface area contributed by atoms with Crippen molar-refractivity contribution in [3.8, 4) is 0 Å². The number of aliphatic hydroxyl groups is 1. The van der Waals surface area contributed by atoms with Crippen LogP contribution in [0.15, 0.2) is 17.6 Å². The average molecular weight is 439 g/mol. The highest BCUT2D eigenvalue weighted by Gasteiger charge is 2.52. The highest BCUT2D eigenvalue weighted by molar-refractivity contribution is 7.91. The van der Waals surface area contributed by atoms with E-state index in [4.69, 9.17) is 14.4 Å². The van der Waals surface area contributed by atoms with Crippen molar-refractivity contribution in [3.63, 3.8) is 0 Å². The predicted molar refractivity (Wildman–Crippen MR) is 115 cm³/mol. The Morgan fingerprint density at radius 2 is 1.83 bits per heavy atom. The number of hydrogen-bond donors (Lipinski definition) is 1. The van der Waals surface area contributed by atoms with Crippen molar-refractivity contribution in [3.05, 3.63) is 12.4 Å². The van der Waals surface area contributed by atoms with Gasteiger partial charge in [-0.1, -0.05) is 0 Å². The topological polar surface area (TPSA) is 102 Å². The summed E-state index contributed by atoms with van der Waals surface area (Å²) in [5.74, 6) is 0.520. The molecule has 0 bridgehead atoms. The number of rotatable bonds is 8. The molecule has 8 nitrogen and oxygen atoms in total. The fourth-order valence-corrected chi connectivity index (χ4v) is 5.13. The second-order valence-corrected chi connectivity index (χ2v) is 11.4. The zero-order chi connectivity index (χ0) is 22.0. The molecule has 1 atom stereocenters. The Bertz CT molecular complexity index is 798. The van der Waals surface area contributed by atoms with Gasteiger partial charge in [-0.25, -0.2) is 18.4 Å². The minimum absolute atomic E-state index is 0.0410. The minimum atomic E-state index is -3.53. The van der Waals surface area contributed by atoms with Crippen molar-refractivity contribution >= 4 is 22.4 Å². The van der Waals surface area contributed by atoms with E-state index >= 15 is 0 Å². The number of piperidine rings is 1.